The molecular formula is C48H35GeN3. The number of nitrogens with zero attached hydrogens (tertiary/aromatic N) is 3. The molecule has 0 N–H and O–H groups in total. The number of rotatable bonds is 5. The van der Waals surface area contributed by atoms with Crippen LogP contribution in [0.1, 0.15) is 0 Å². The van der Waals surface area contributed by atoms with Crippen LogP contribution in [0.25, 0.3) is 83.6 Å². The zero-order chi connectivity index (χ0) is 34.8. The molecule has 0 spiro atoms. The summed E-state index contributed by atoms with van der Waals surface area (Å²) in [7, 11) is 0. The number of aromatic nitrogens is 3. The predicted octanol–water partition coefficient (Wildman–Crippen LogP) is 11.0. The number of hydrogen-bond acceptors (Lipinski definition) is 2. The molecule has 0 bridgehead atoms. The Labute approximate surface area is 306 Å². The summed E-state index contributed by atoms with van der Waals surface area (Å²) in [5.41, 5.74) is 14.1. The molecule has 1 aliphatic heterocycles. The average Bonchev–Trinajstić information content (AvgIpc) is 3.66. The van der Waals surface area contributed by atoms with Crippen LogP contribution in [0, 0.1) is 0 Å². The summed E-state index contributed by atoms with van der Waals surface area (Å²) in [4.78, 5) is 10.7. The molecule has 0 aliphatic carbocycles. The van der Waals surface area contributed by atoms with Crippen molar-refractivity contribution in [1.29, 1.82) is 0 Å². The van der Waals surface area contributed by atoms with Crippen molar-refractivity contribution in [1.82, 2.24) is 14.5 Å². The fraction of sp³-hybridized carbons (Fsp3) is 0.0417. The molecule has 3 nitrogen and oxygen atoms in total. The van der Waals surface area contributed by atoms with Crippen molar-refractivity contribution in [3.8, 4) is 61.8 Å². The third-order valence-electron chi connectivity index (χ3n) is 10.8. The maximum absolute atomic E-state index is 5.34. The van der Waals surface area contributed by atoms with E-state index in [0.717, 1.165) is 28.3 Å². The summed E-state index contributed by atoms with van der Waals surface area (Å²) in [5, 5.41) is 2.51. The third-order valence-corrected chi connectivity index (χ3v) is 18.1. The molecule has 52 heavy (non-hydrogen) atoms. The summed E-state index contributed by atoms with van der Waals surface area (Å²) >= 11 is -2.93. The molecule has 0 atom stereocenters. The fourth-order valence-electron chi connectivity index (χ4n) is 8.22. The first kappa shape index (κ1) is 30.8. The quantitative estimate of drug-likeness (QED) is 0.165. The Morgan fingerprint density at radius 1 is 0.423 bits per heavy atom. The molecule has 0 radical (unpaired) electrons. The average molecular weight is 726 g/mol. The van der Waals surface area contributed by atoms with Gasteiger partial charge in [0.05, 0.1) is 0 Å². The van der Waals surface area contributed by atoms with E-state index in [9.17, 15) is 0 Å². The standard InChI is InChI=1S/C48H35GeN3/c1-49(2)42-31-38(25-26-39(42)47-45(49)46(34-19-11-5-12-20-34)50-48(51-47)35-21-13-6-14-22-35)52-43-27-23-36(32-15-7-3-8-16-32)29-40(43)41-30-37(24-28-44(41)52)33-17-9-4-10-18-33/h3-31H,1-2H3. The van der Waals surface area contributed by atoms with E-state index in [1.807, 2.05) is 6.07 Å². The molecule has 0 saturated carbocycles. The van der Waals surface area contributed by atoms with Crippen LogP contribution in [0.4, 0.5) is 0 Å². The Morgan fingerprint density at radius 2 is 0.904 bits per heavy atom. The van der Waals surface area contributed by atoms with Gasteiger partial charge in [0.2, 0.25) is 0 Å². The van der Waals surface area contributed by atoms with E-state index in [0.29, 0.717) is 0 Å². The zero-order valence-corrected chi connectivity index (χ0v) is 31.2. The van der Waals surface area contributed by atoms with Crippen molar-refractivity contribution in [3.05, 3.63) is 176 Å². The van der Waals surface area contributed by atoms with Gasteiger partial charge >= 0.3 is 308 Å². The first-order valence-corrected chi connectivity index (χ1v) is 24.2. The van der Waals surface area contributed by atoms with Crippen LogP contribution in [-0.4, -0.2) is 27.8 Å². The molecule has 0 unspecified atom stereocenters. The Bertz CT molecular complexity index is 2690. The number of benzene rings is 7. The maximum atomic E-state index is 5.34. The van der Waals surface area contributed by atoms with E-state index in [4.69, 9.17) is 9.97 Å². The van der Waals surface area contributed by atoms with Crippen molar-refractivity contribution in [2.24, 2.45) is 0 Å². The second-order valence-electron chi connectivity index (χ2n) is 14.2. The second-order valence-corrected chi connectivity index (χ2v) is 23.2. The Hall–Kier alpha value is -6.04. The normalized spacial score (nSPS) is 13.0. The van der Waals surface area contributed by atoms with Crippen molar-refractivity contribution in [3.63, 3.8) is 0 Å². The molecule has 246 valence electrons. The molecule has 2 aromatic heterocycles. The van der Waals surface area contributed by atoms with Crippen LogP contribution >= 0.6 is 0 Å². The number of hydrogen-bond donors (Lipinski definition) is 0. The molecule has 0 fully saturated rings. The molecule has 9 aromatic rings. The second kappa shape index (κ2) is 12.0. The van der Waals surface area contributed by atoms with E-state index >= 15 is 0 Å². The Morgan fingerprint density at radius 3 is 1.44 bits per heavy atom. The molecule has 4 heteroatoms. The van der Waals surface area contributed by atoms with Gasteiger partial charge in [-0.2, -0.15) is 0 Å². The summed E-state index contributed by atoms with van der Waals surface area (Å²) in [6, 6.07) is 63.4. The monoisotopic (exact) mass is 727 g/mol. The van der Waals surface area contributed by atoms with Crippen LogP contribution in [0.5, 0.6) is 0 Å². The van der Waals surface area contributed by atoms with Gasteiger partial charge in [-0.1, -0.05) is 0 Å². The molecule has 3 heterocycles. The molecule has 0 amide bonds. The van der Waals surface area contributed by atoms with Crippen LogP contribution in [0.2, 0.25) is 11.5 Å². The Balaban J connectivity index is 1.20. The van der Waals surface area contributed by atoms with E-state index in [2.05, 4.69) is 186 Å². The molecule has 0 saturated heterocycles. The molecule has 1 aliphatic rings. The van der Waals surface area contributed by atoms with Crippen LogP contribution in [0.15, 0.2) is 176 Å². The van der Waals surface area contributed by atoms with Gasteiger partial charge in [-0.05, 0) is 0 Å². The van der Waals surface area contributed by atoms with E-state index in [-0.39, 0.29) is 0 Å². The molecular weight excluding hydrogens is 691 g/mol. The topological polar surface area (TPSA) is 30.7 Å². The van der Waals surface area contributed by atoms with Crippen LogP contribution in [-0.2, 0) is 0 Å². The van der Waals surface area contributed by atoms with E-state index < -0.39 is 13.3 Å². The van der Waals surface area contributed by atoms with Gasteiger partial charge in [-0.15, -0.1) is 0 Å². The minimum absolute atomic E-state index is 0.777. The summed E-state index contributed by atoms with van der Waals surface area (Å²) < 4.78 is 5.27. The van der Waals surface area contributed by atoms with Gasteiger partial charge in [0.25, 0.3) is 0 Å². The third kappa shape index (κ3) is 4.88. The van der Waals surface area contributed by atoms with Gasteiger partial charge in [0.1, 0.15) is 0 Å². The van der Waals surface area contributed by atoms with Crippen molar-refractivity contribution < 1.29 is 0 Å². The van der Waals surface area contributed by atoms with E-state index in [1.54, 1.807) is 0 Å². The predicted molar refractivity (Wildman–Crippen MR) is 220 cm³/mol. The summed E-state index contributed by atoms with van der Waals surface area (Å²) in [5.74, 6) is 5.80. The fourth-order valence-corrected chi connectivity index (χ4v) is 15.0. The van der Waals surface area contributed by atoms with Gasteiger partial charge in [0.15, 0.2) is 0 Å². The first-order valence-electron chi connectivity index (χ1n) is 17.9. The zero-order valence-electron chi connectivity index (χ0n) is 29.1. The van der Waals surface area contributed by atoms with Crippen LogP contribution < -0.4 is 8.79 Å². The number of fused-ring (bicyclic) bond motifs is 6. The van der Waals surface area contributed by atoms with Gasteiger partial charge in [-0.25, -0.2) is 0 Å². The van der Waals surface area contributed by atoms with Crippen molar-refractivity contribution in [2.45, 2.75) is 11.5 Å². The first-order chi connectivity index (χ1) is 25.5. The SMILES string of the molecule is [CH3][Ge]1([CH3])[c]2cc(-n3c4ccc(-c5ccccc5)cc4c4cc(-c5ccccc5)ccc43)ccc2-c2nc(-c3ccccc3)nc(-c3ccccc3)[c]21. The van der Waals surface area contributed by atoms with E-state index in [1.165, 1.54) is 64.1 Å². The van der Waals surface area contributed by atoms with Gasteiger partial charge in [0, 0.05) is 0 Å². The molecule has 10 rings (SSSR count). The van der Waals surface area contributed by atoms with Gasteiger partial charge in [-0.3, -0.25) is 0 Å². The summed E-state index contributed by atoms with van der Waals surface area (Å²) in [6.45, 7) is 0. The Kier molecular flexibility index (Phi) is 7.12. The van der Waals surface area contributed by atoms with Crippen molar-refractivity contribution >= 4 is 43.9 Å². The van der Waals surface area contributed by atoms with Crippen molar-refractivity contribution in [2.75, 3.05) is 0 Å². The minimum atomic E-state index is -2.93. The van der Waals surface area contributed by atoms with Gasteiger partial charge < -0.3 is 0 Å². The summed E-state index contributed by atoms with van der Waals surface area (Å²) in [6.07, 6.45) is 0. The van der Waals surface area contributed by atoms with Crippen LogP contribution in [0.3, 0.4) is 0 Å². The molecule has 7 aromatic carbocycles.